The van der Waals surface area contributed by atoms with Crippen LogP contribution in [0.3, 0.4) is 0 Å². The number of benzene rings is 1. The topological polar surface area (TPSA) is 282 Å². The van der Waals surface area contributed by atoms with Crippen LogP contribution in [0.5, 0.6) is 5.75 Å². The molecule has 26 nitrogen and oxygen atoms in total. The van der Waals surface area contributed by atoms with Gasteiger partial charge in [-0.15, -0.1) is 0 Å². The van der Waals surface area contributed by atoms with Gasteiger partial charge in [0.2, 0.25) is 11.9 Å². The Bertz CT molecular complexity index is 4050. The number of esters is 5. The third-order valence-electron chi connectivity index (χ3n) is 29.9. The Labute approximate surface area is 845 Å². The number of anilines is 2. The average Bonchev–Trinajstić information content (AvgIpc) is 0.768. The van der Waals surface area contributed by atoms with Gasteiger partial charge in [-0.3, -0.25) is 29.1 Å². The van der Waals surface area contributed by atoms with Crippen LogP contribution in [0.1, 0.15) is 433 Å². The zero-order chi connectivity index (χ0) is 105. The molecule has 0 atom stereocenters. The highest BCUT2D eigenvalue weighted by molar-refractivity contribution is 6.17. The van der Waals surface area contributed by atoms with Crippen molar-refractivity contribution in [2.45, 2.75) is 554 Å². The number of carbonyl (C=O) groups excluding carboxylic acids is 6. The van der Waals surface area contributed by atoms with Crippen LogP contribution < -0.4 is 36.2 Å². The number of unbranched alkanes of at least 4 members (excludes halogenated alkanes) is 8. The summed E-state index contributed by atoms with van der Waals surface area (Å²) in [7, 11) is 9.91. The molecule has 0 aliphatic carbocycles. The Morgan fingerprint density at radius 2 is 0.791 bits per heavy atom. The van der Waals surface area contributed by atoms with Gasteiger partial charge in [0.05, 0.1) is 19.6 Å². The lowest BCUT2D eigenvalue weighted by atomic mass is 9.78. The molecule has 8 heterocycles. The van der Waals surface area contributed by atoms with Crippen molar-refractivity contribution in [1.82, 2.24) is 55.8 Å². The molecule has 0 spiro atoms. The smallest absolute Gasteiger partial charge is 0.345 e. The largest absolute Gasteiger partial charge is 0.497 e. The molecule has 0 saturated carbocycles. The number of aryl methyl sites for hydroxylation is 1. The lowest BCUT2D eigenvalue weighted by Gasteiger charge is -2.55. The highest BCUT2D eigenvalue weighted by Crippen LogP contribution is 2.45. The number of ether oxygens (including phenoxy) is 7. The van der Waals surface area contributed by atoms with E-state index in [1.807, 2.05) is 19.1 Å². The van der Waals surface area contributed by atoms with Crippen molar-refractivity contribution >= 4 is 53.6 Å². The maximum absolute atomic E-state index is 13.6. The van der Waals surface area contributed by atoms with E-state index in [-0.39, 0.29) is 161 Å². The van der Waals surface area contributed by atoms with Crippen molar-refractivity contribution < 1.29 is 61.9 Å². The first-order chi connectivity index (χ1) is 63.4. The van der Waals surface area contributed by atoms with Gasteiger partial charge >= 0.3 is 29.8 Å². The highest BCUT2D eigenvalue weighted by atomic mass is 16.6. The molecular formula is C113H203N13O13. The predicted molar refractivity (Wildman–Crippen MR) is 568 cm³/mol. The number of carbonyl (C=O) groups is 6. The molecule has 798 valence electrons. The van der Waals surface area contributed by atoms with Crippen LogP contribution in [0, 0.1) is 12.3 Å². The fraction of sp³-hybridized carbons (Fsp3) is 0.850. The van der Waals surface area contributed by atoms with Crippen LogP contribution in [0.15, 0.2) is 29.8 Å². The molecule has 5 N–H and O–H groups in total. The molecule has 0 bridgehead atoms. The maximum Gasteiger partial charge on any atom is 0.345 e. The van der Waals surface area contributed by atoms with E-state index in [1.165, 1.54) is 45.6 Å². The molecule has 26 heteroatoms. The minimum atomic E-state index is -0.640. The SMILES string of the molecule is CC1(C)CC(OC(=O)CCCCCCCCC(=O)OC2CC(C)(C)NC(C)(C)C2)CC(C)(C)N1.COC1CC(C)(C)N(CCOC(=O)CCC(C)=O)C(C)(C)C1.COc1ccc(C=C(C(=O)OC2CC(C)(C)N(C)C(C)(C)C2)C(=O)OC2CC(C)(C)N(C)C(C)(C)C2)cc1.Cc1nc(NC(C)(C)CC(C)(C)C)nc(N(CCCCCCN(C)C2CC(C)(C)NC(C)(C)C2)C2CC(C)(C)NC(C)(C)C2)n1. The van der Waals surface area contributed by atoms with Crippen molar-refractivity contribution in [3.05, 3.63) is 41.2 Å². The molecular weight excluding hydrogens is 1750 g/mol. The molecule has 0 radical (unpaired) electrons. The van der Waals surface area contributed by atoms with Gasteiger partial charge in [-0.05, 0) is 349 Å². The summed E-state index contributed by atoms with van der Waals surface area (Å²) in [5.41, 5.74) is 0.474. The first-order valence-corrected chi connectivity index (χ1v) is 53.1. The summed E-state index contributed by atoms with van der Waals surface area (Å²) in [4.78, 5) is 101. The van der Waals surface area contributed by atoms with Gasteiger partial charge in [0.25, 0.3) is 0 Å². The summed E-state index contributed by atoms with van der Waals surface area (Å²) in [6.45, 7) is 80.2. The van der Waals surface area contributed by atoms with E-state index >= 15 is 0 Å². The van der Waals surface area contributed by atoms with E-state index < -0.39 is 11.9 Å². The molecule has 1 aromatic carbocycles. The fourth-order valence-electron chi connectivity index (χ4n) is 25.2. The number of hydrogen-bond donors (Lipinski definition) is 5. The number of aromatic nitrogens is 3. The lowest BCUT2D eigenvalue weighted by Crippen LogP contribution is -2.62. The summed E-state index contributed by atoms with van der Waals surface area (Å²) >= 11 is 0. The summed E-state index contributed by atoms with van der Waals surface area (Å²) < 4.78 is 39.7. The molecule has 2 aromatic rings. The number of nitrogens with one attached hydrogen (secondary N) is 5. The molecule has 7 aliphatic heterocycles. The van der Waals surface area contributed by atoms with Crippen LogP contribution in [-0.2, 0) is 57.2 Å². The zero-order valence-electron chi connectivity index (χ0n) is 95.6. The van der Waals surface area contributed by atoms with E-state index in [2.05, 4.69) is 301 Å². The minimum absolute atomic E-state index is 0.000484. The molecule has 7 aliphatic rings. The van der Waals surface area contributed by atoms with Crippen LogP contribution in [0.4, 0.5) is 11.9 Å². The van der Waals surface area contributed by atoms with Crippen LogP contribution in [0.25, 0.3) is 6.08 Å². The van der Waals surface area contributed by atoms with Gasteiger partial charge in [-0.1, -0.05) is 71.4 Å². The second kappa shape index (κ2) is 49.0. The molecule has 0 amide bonds. The quantitative estimate of drug-likeness (QED) is 0.0105. The van der Waals surface area contributed by atoms with Gasteiger partial charge < -0.3 is 74.3 Å². The first-order valence-electron chi connectivity index (χ1n) is 53.1. The van der Waals surface area contributed by atoms with Gasteiger partial charge in [0, 0.05) is 186 Å². The van der Waals surface area contributed by atoms with E-state index in [1.54, 1.807) is 32.4 Å². The summed E-state index contributed by atoms with van der Waals surface area (Å²) in [5, 5.41) is 18.6. The number of nitrogens with zero attached hydrogens (tertiary/aromatic N) is 8. The van der Waals surface area contributed by atoms with E-state index in [4.69, 9.17) is 48.1 Å². The molecule has 1 aromatic heterocycles. The summed E-state index contributed by atoms with van der Waals surface area (Å²) in [6, 6.07) is 8.22. The minimum Gasteiger partial charge on any atom is -0.497 e. The van der Waals surface area contributed by atoms with E-state index in [0.29, 0.717) is 81.0 Å². The van der Waals surface area contributed by atoms with Crippen molar-refractivity contribution in [2.24, 2.45) is 5.41 Å². The summed E-state index contributed by atoms with van der Waals surface area (Å²) in [5.74, 6) is 1.30. The number of Topliss-reactive ketones (excluding diaryl/α,β-unsaturated/α-hetero) is 1. The molecule has 9 rings (SSSR count). The average molecular weight is 1950 g/mol. The molecule has 7 saturated heterocycles. The second-order valence-corrected chi connectivity index (χ2v) is 53.7. The number of ketones is 1. The Morgan fingerprint density at radius 3 is 1.17 bits per heavy atom. The standard InChI is InChI=1S/C37H72N8.C31H48N2O5.C28H52N2O4.C17H31NO4/c1-27-38-30(41-37(13,14)26-32(2,3)4)40-31(39-27)45(29-24-35(9,10)43-36(11,12)25-29)21-19-17-16-18-20-44(15)28-22-33(5,6)42-34(7,8)23-28;1-28(2)17-23(18-29(3,4)32(28)9)37-26(34)25(16-21-12-14-22(36-11)15-13-21)27(35)38-24-19-30(5,6)33(10)31(7,8)20-24;1-25(2)17-21(18-26(3,4)29-25)33-23(31)15-13-11-9-10-12-14-16-24(32)34-22-19-27(5,6)30-28(7,8)20-22;1-13(19)7-8-15(20)22-10-9-18-16(2,3)11-14(21-6)12-17(18,4)5/h28-29,42-43H,16-26H2,1-15H3,(H,38,39,40,41);12-16,23-24H,17-20H2,1-11H3;21-22,29-30H,9-20H2,1-8H3;14H,7-12H2,1-6H3. The van der Waals surface area contributed by atoms with Crippen molar-refractivity contribution in [3.8, 4) is 5.75 Å². The van der Waals surface area contributed by atoms with Crippen LogP contribution in [-0.4, -0.2) is 257 Å². The van der Waals surface area contributed by atoms with Gasteiger partial charge in [-0.2, -0.15) is 15.0 Å². The number of piperidine rings is 7. The predicted octanol–water partition coefficient (Wildman–Crippen LogP) is 21.6. The van der Waals surface area contributed by atoms with E-state index in [9.17, 15) is 28.8 Å². The monoisotopic (exact) mass is 1950 g/mol. The third kappa shape index (κ3) is 41.5. The van der Waals surface area contributed by atoms with Gasteiger partial charge in [0.1, 0.15) is 54.0 Å². The Hall–Kier alpha value is -5.97. The first kappa shape index (κ1) is 122. The number of methoxy groups -OCH3 is 2. The Morgan fingerprint density at radius 1 is 0.432 bits per heavy atom. The lowest BCUT2D eigenvalue weighted by molar-refractivity contribution is -0.162. The normalized spacial score (nSPS) is 22.8. The second-order valence-electron chi connectivity index (χ2n) is 53.7. The van der Waals surface area contributed by atoms with Gasteiger partial charge in [0.15, 0.2) is 0 Å². The maximum atomic E-state index is 13.6. The van der Waals surface area contributed by atoms with E-state index in [0.717, 1.165) is 121 Å². The third-order valence-corrected chi connectivity index (χ3v) is 29.9. The van der Waals surface area contributed by atoms with Crippen molar-refractivity contribution in [2.75, 3.05) is 71.8 Å². The van der Waals surface area contributed by atoms with Crippen LogP contribution >= 0.6 is 0 Å². The Kier molecular flexibility index (Phi) is 42.9. The van der Waals surface area contributed by atoms with Crippen LogP contribution in [0.2, 0.25) is 0 Å². The molecule has 139 heavy (non-hydrogen) atoms. The summed E-state index contributed by atoms with van der Waals surface area (Å²) in [6.07, 6.45) is 27.2. The molecule has 0 unspecified atom stereocenters. The number of hydrogen-bond acceptors (Lipinski definition) is 26. The van der Waals surface area contributed by atoms with Crippen molar-refractivity contribution in [1.29, 1.82) is 0 Å². The Balaban J connectivity index is 0.000000292. The number of rotatable bonds is 37. The highest BCUT2D eigenvalue weighted by Gasteiger charge is 2.51. The number of likely N-dealkylation sites (tertiary alicyclic amines) is 3. The fourth-order valence-corrected chi connectivity index (χ4v) is 25.2. The zero-order valence-corrected chi connectivity index (χ0v) is 95.6. The van der Waals surface area contributed by atoms with Gasteiger partial charge in [-0.25, -0.2) is 9.59 Å². The molecule has 7 fully saturated rings. The van der Waals surface area contributed by atoms with Crippen molar-refractivity contribution in [3.63, 3.8) is 0 Å².